The highest BCUT2D eigenvalue weighted by molar-refractivity contribution is 8.14. The number of aryl methyl sites for hydroxylation is 1. The van der Waals surface area contributed by atoms with Crippen LogP contribution >= 0.6 is 11.8 Å². The maximum Gasteiger partial charge on any atom is 0.160 e. The van der Waals surface area contributed by atoms with E-state index >= 15 is 0 Å². The number of benzene rings is 1. The second kappa shape index (κ2) is 8.08. The van der Waals surface area contributed by atoms with Gasteiger partial charge < -0.3 is 14.2 Å². The van der Waals surface area contributed by atoms with Gasteiger partial charge in [-0.1, -0.05) is 30.8 Å². The van der Waals surface area contributed by atoms with Crippen molar-refractivity contribution in [3.8, 4) is 11.4 Å². The average molecular weight is 433 g/mol. The largest absolute Gasteiger partial charge is 0.497 e. The van der Waals surface area contributed by atoms with Crippen LogP contribution in [-0.4, -0.2) is 38.5 Å². The number of hydrogen-bond acceptors (Lipinski definition) is 5. The maximum absolute atomic E-state index is 5.47. The molecule has 0 bridgehead atoms. The Kier molecular flexibility index (Phi) is 5.26. The van der Waals surface area contributed by atoms with Gasteiger partial charge in [-0.3, -0.25) is 9.98 Å². The lowest BCUT2D eigenvalue weighted by Gasteiger charge is -2.32. The lowest BCUT2D eigenvalue weighted by atomic mass is 9.95. The first kappa shape index (κ1) is 20.2. The van der Waals surface area contributed by atoms with Crippen molar-refractivity contribution in [3.63, 3.8) is 0 Å². The summed E-state index contributed by atoms with van der Waals surface area (Å²) in [6.07, 6.45) is 2.99. The van der Waals surface area contributed by atoms with E-state index in [0.717, 1.165) is 29.3 Å². The number of amidine groups is 1. The van der Waals surface area contributed by atoms with Crippen molar-refractivity contribution in [1.29, 1.82) is 0 Å². The van der Waals surface area contributed by atoms with Crippen LogP contribution in [0.25, 0.3) is 5.69 Å². The van der Waals surface area contributed by atoms with E-state index in [4.69, 9.17) is 9.73 Å². The summed E-state index contributed by atoms with van der Waals surface area (Å²) in [5.41, 5.74) is 5.96. The minimum Gasteiger partial charge on any atom is -0.497 e. The van der Waals surface area contributed by atoms with E-state index in [2.05, 4.69) is 65.6 Å². The van der Waals surface area contributed by atoms with Gasteiger partial charge in [0.2, 0.25) is 0 Å². The second-order valence-electron chi connectivity index (χ2n) is 8.20. The zero-order valence-corrected chi connectivity index (χ0v) is 19.3. The van der Waals surface area contributed by atoms with Crippen LogP contribution < -0.4 is 4.74 Å². The Hall–Kier alpha value is -2.73. The minimum absolute atomic E-state index is 0.0114. The quantitative estimate of drug-likeness (QED) is 0.536. The van der Waals surface area contributed by atoms with Crippen molar-refractivity contribution in [1.82, 2.24) is 14.5 Å². The lowest BCUT2D eigenvalue weighted by molar-refractivity contribution is 0.254. The van der Waals surface area contributed by atoms with E-state index < -0.39 is 0 Å². The molecule has 0 unspecified atom stereocenters. The molecular formula is C25H28N4OS. The molecule has 3 atom stereocenters. The fraction of sp³-hybridized carbons (Fsp3) is 0.360. The Bertz CT molecular complexity index is 1120. The highest BCUT2D eigenvalue weighted by Gasteiger charge is 2.46. The molecule has 0 aliphatic carbocycles. The predicted molar refractivity (Wildman–Crippen MR) is 127 cm³/mol. The van der Waals surface area contributed by atoms with Gasteiger partial charge in [0.25, 0.3) is 0 Å². The zero-order valence-electron chi connectivity index (χ0n) is 18.4. The Labute approximate surface area is 188 Å². The normalized spacial score (nSPS) is 22.5. The molecule has 0 saturated carbocycles. The summed E-state index contributed by atoms with van der Waals surface area (Å²) in [5, 5.41) is 1.17. The van der Waals surface area contributed by atoms with Crippen molar-refractivity contribution in [2.24, 2.45) is 4.99 Å². The van der Waals surface area contributed by atoms with Crippen molar-refractivity contribution in [3.05, 3.63) is 77.4 Å². The molecule has 6 heteroatoms. The van der Waals surface area contributed by atoms with E-state index in [9.17, 15) is 0 Å². The molecule has 2 aliphatic heterocycles. The predicted octanol–water partition coefficient (Wildman–Crippen LogP) is 5.48. The van der Waals surface area contributed by atoms with Crippen molar-refractivity contribution < 1.29 is 4.74 Å². The van der Waals surface area contributed by atoms with E-state index in [1.54, 1.807) is 7.11 Å². The molecule has 0 N–H and O–H groups in total. The molecule has 3 aromatic rings. The molecular weight excluding hydrogens is 404 g/mol. The number of thioether (sulfide) groups is 1. The molecule has 160 valence electrons. The molecule has 4 heterocycles. The second-order valence-corrected chi connectivity index (χ2v) is 9.19. The van der Waals surface area contributed by atoms with E-state index in [-0.39, 0.29) is 12.1 Å². The van der Waals surface area contributed by atoms with Crippen molar-refractivity contribution in [2.75, 3.05) is 12.9 Å². The molecule has 0 spiro atoms. The number of methoxy groups -OCH3 is 1. The van der Waals surface area contributed by atoms with Gasteiger partial charge in [-0.15, -0.1) is 0 Å². The number of fused-ring (bicyclic) bond motifs is 1. The topological polar surface area (TPSA) is 42.6 Å². The third kappa shape index (κ3) is 3.33. The zero-order chi connectivity index (χ0) is 21.5. The van der Waals surface area contributed by atoms with Gasteiger partial charge in [-0.2, -0.15) is 0 Å². The average Bonchev–Trinajstić information content (AvgIpc) is 3.45. The summed E-state index contributed by atoms with van der Waals surface area (Å²) in [4.78, 5) is 12.4. The summed E-state index contributed by atoms with van der Waals surface area (Å²) < 4.78 is 7.80. The molecule has 1 aromatic carbocycles. The Morgan fingerprint density at radius 2 is 2.00 bits per heavy atom. The van der Waals surface area contributed by atoms with Gasteiger partial charge >= 0.3 is 0 Å². The van der Waals surface area contributed by atoms with E-state index in [1.807, 2.05) is 36.2 Å². The molecule has 2 aromatic heterocycles. The van der Waals surface area contributed by atoms with Crippen LogP contribution in [0.5, 0.6) is 5.75 Å². The highest BCUT2D eigenvalue weighted by Crippen LogP contribution is 2.49. The number of hydrogen-bond donors (Lipinski definition) is 0. The molecule has 2 aliphatic rings. The number of aliphatic imine (C=N–C) groups is 1. The molecule has 5 rings (SSSR count). The van der Waals surface area contributed by atoms with E-state index in [1.165, 1.54) is 22.1 Å². The number of pyridine rings is 1. The van der Waals surface area contributed by atoms with Gasteiger partial charge in [-0.05, 0) is 56.2 Å². The number of aromatic nitrogens is 2. The lowest BCUT2D eigenvalue weighted by Crippen LogP contribution is -2.35. The summed E-state index contributed by atoms with van der Waals surface area (Å²) in [5.74, 6) is 1.97. The van der Waals surface area contributed by atoms with Crippen LogP contribution in [0.1, 0.15) is 48.1 Å². The molecule has 31 heavy (non-hydrogen) atoms. The summed E-state index contributed by atoms with van der Waals surface area (Å²) >= 11 is 1.89. The minimum atomic E-state index is 0.0114. The van der Waals surface area contributed by atoms with Gasteiger partial charge in [0.15, 0.2) is 5.17 Å². The summed E-state index contributed by atoms with van der Waals surface area (Å²) in [6, 6.07) is 17.4. The first-order valence-electron chi connectivity index (χ1n) is 10.9. The van der Waals surface area contributed by atoms with Crippen molar-refractivity contribution in [2.45, 2.75) is 45.3 Å². The Morgan fingerprint density at radius 1 is 1.13 bits per heavy atom. The smallest absolute Gasteiger partial charge is 0.160 e. The van der Waals surface area contributed by atoms with Gasteiger partial charge in [-0.25, -0.2) is 0 Å². The third-order valence-electron chi connectivity index (χ3n) is 6.43. The molecule has 0 radical (unpaired) electrons. The van der Waals surface area contributed by atoms with Crippen LogP contribution in [0.2, 0.25) is 0 Å². The van der Waals surface area contributed by atoms with Crippen LogP contribution in [0.4, 0.5) is 0 Å². The van der Waals surface area contributed by atoms with Gasteiger partial charge in [0.05, 0.1) is 18.8 Å². The van der Waals surface area contributed by atoms with Crippen molar-refractivity contribution >= 4 is 16.9 Å². The fourth-order valence-electron chi connectivity index (χ4n) is 4.92. The van der Waals surface area contributed by atoms with E-state index in [0.29, 0.717) is 6.04 Å². The first-order chi connectivity index (χ1) is 15.1. The fourth-order valence-corrected chi connectivity index (χ4v) is 6.26. The first-order valence-corrected chi connectivity index (χ1v) is 11.8. The molecule has 0 amide bonds. The number of ether oxygens (including phenoxy) is 1. The molecule has 1 saturated heterocycles. The number of rotatable bonds is 5. The number of nitrogens with zero attached hydrogens (tertiary/aromatic N) is 4. The molecule has 1 fully saturated rings. The van der Waals surface area contributed by atoms with Gasteiger partial charge in [0.1, 0.15) is 11.8 Å². The summed E-state index contributed by atoms with van der Waals surface area (Å²) in [7, 11) is 1.71. The maximum atomic E-state index is 5.47. The Balaban J connectivity index is 1.63. The monoisotopic (exact) mass is 432 g/mol. The molecule has 5 nitrogen and oxygen atoms in total. The SMILES string of the molecule is CC[C@H]1CSC2=N[C@@H](c3ccccn3)[C@@H](c3cc(C)n(-c4cccc(OC)c4)c3C)N21. The van der Waals surface area contributed by atoms with Crippen LogP contribution in [0.3, 0.4) is 0 Å². The van der Waals surface area contributed by atoms with Gasteiger partial charge in [0, 0.05) is 41.1 Å². The van der Waals surface area contributed by atoms with Crippen LogP contribution in [0.15, 0.2) is 59.7 Å². The Morgan fingerprint density at radius 3 is 2.74 bits per heavy atom. The van der Waals surface area contributed by atoms with Crippen LogP contribution in [-0.2, 0) is 0 Å². The standard InChI is InChI=1S/C25H28N4OS/c1-5-18-15-31-25-27-23(22-11-6-7-12-26-22)24(29(18)25)21-13-16(2)28(17(21)3)19-9-8-10-20(14-19)30-4/h6-14,18,23-24H,5,15H2,1-4H3/t18-,23-,24+/m0/s1. The van der Waals surface area contributed by atoms with Crippen LogP contribution in [0, 0.1) is 13.8 Å². The summed E-state index contributed by atoms with van der Waals surface area (Å²) in [6.45, 7) is 6.68. The third-order valence-corrected chi connectivity index (χ3v) is 7.56. The highest BCUT2D eigenvalue weighted by atomic mass is 32.2.